The molecule has 2 heterocycles. The molecule has 1 amide bonds. The number of thioether (sulfide) groups is 1. The average molecular weight is 399 g/mol. The molecule has 2 aliphatic rings. The van der Waals surface area contributed by atoms with Gasteiger partial charge in [0.25, 0.3) is 0 Å². The Kier molecular flexibility index (Phi) is 5.95. The zero-order chi connectivity index (χ0) is 19.3. The maximum Gasteiger partial charge on any atom is 0.237 e. The van der Waals surface area contributed by atoms with Gasteiger partial charge in [0.15, 0.2) is 11.5 Å². The first kappa shape index (κ1) is 19.0. The maximum atomic E-state index is 12.6. The Morgan fingerprint density at radius 2 is 1.71 bits per heavy atom. The van der Waals surface area contributed by atoms with Gasteiger partial charge in [-0.25, -0.2) is 0 Å². The van der Waals surface area contributed by atoms with Crippen molar-refractivity contribution in [1.82, 2.24) is 0 Å². The van der Waals surface area contributed by atoms with Gasteiger partial charge in [-0.3, -0.25) is 4.79 Å². The molecule has 0 saturated carbocycles. The number of carbonyl (C=O) groups is 1. The quantitative estimate of drug-likeness (QED) is 0.748. The lowest BCUT2D eigenvalue weighted by atomic mass is 10.1. The fraction of sp³-hybridized carbons (Fsp3) is 0.409. The third-order valence-corrected chi connectivity index (χ3v) is 6.15. The van der Waals surface area contributed by atoms with E-state index in [9.17, 15) is 4.79 Å². The maximum absolute atomic E-state index is 12.6. The van der Waals surface area contributed by atoms with E-state index in [0.29, 0.717) is 13.2 Å². The summed E-state index contributed by atoms with van der Waals surface area (Å²) >= 11 is 1.51. The summed E-state index contributed by atoms with van der Waals surface area (Å²) in [5, 5.41) is 2.80. The van der Waals surface area contributed by atoms with E-state index in [-0.39, 0.29) is 11.2 Å². The number of nitrogens with one attached hydrogen (secondary N) is 1. The second kappa shape index (κ2) is 8.78. The van der Waals surface area contributed by atoms with E-state index in [1.165, 1.54) is 36.7 Å². The summed E-state index contributed by atoms with van der Waals surface area (Å²) in [7, 11) is 0. The second-order valence-corrected chi connectivity index (χ2v) is 8.56. The lowest BCUT2D eigenvalue weighted by molar-refractivity contribution is -0.115. The topological polar surface area (TPSA) is 50.8 Å². The van der Waals surface area contributed by atoms with Crippen molar-refractivity contribution in [3.8, 4) is 11.5 Å². The lowest BCUT2D eigenvalue weighted by Crippen LogP contribution is -2.29. The van der Waals surface area contributed by atoms with E-state index < -0.39 is 0 Å². The molecule has 1 unspecified atom stereocenters. The highest BCUT2D eigenvalue weighted by Crippen LogP contribution is 2.35. The standard InChI is InChI=1S/C22H26N2O3S/c1-16(28-19-9-10-20-21(15-19)27-14-13-26-20)22(25)23-17-5-7-18(8-6-17)24-11-3-2-4-12-24/h5-10,15-16H,2-4,11-14H2,1H3,(H,23,25). The zero-order valence-corrected chi connectivity index (χ0v) is 17.0. The highest BCUT2D eigenvalue weighted by Gasteiger charge is 2.18. The van der Waals surface area contributed by atoms with Crippen molar-refractivity contribution in [1.29, 1.82) is 0 Å². The Hall–Kier alpha value is -2.34. The molecule has 0 aromatic heterocycles. The molecule has 1 N–H and O–H groups in total. The molecule has 6 heteroatoms. The van der Waals surface area contributed by atoms with Gasteiger partial charge < -0.3 is 19.7 Å². The molecule has 0 spiro atoms. The molecule has 148 valence electrons. The van der Waals surface area contributed by atoms with Gasteiger partial charge in [0.05, 0.1) is 5.25 Å². The minimum atomic E-state index is -0.218. The fourth-order valence-electron chi connectivity index (χ4n) is 3.51. The normalized spacial score (nSPS) is 17.1. The Morgan fingerprint density at radius 1 is 1.00 bits per heavy atom. The first-order valence-electron chi connectivity index (χ1n) is 9.91. The number of piperidine rings is 1. The molecule has 1 fully saturated rings. The molecule has 0 radical (unpaired) electrons. The van der Waals surface area contributed by atoms with Crippen molar-refractivity contribution >= 4 is 29.0 Å². The van der Waals surface area contributed by atoms with Crippen LogP contribution in [-0.2, 0) is 4.79 Å². The summed E-state index contributed by atoms with van der Waals surface area (Å²) in [5.41, 5.74) is 2.07. The summed E-state index contributed by atoms with van der Waals surface area (Å²) in [6, 6.07) is 14.0. The van der Waals surface area contributed by atoms with Gasteiger partial charge in [-0.15, -0.1) is 11.8 Å². The van der Waals surface area contributed by atoms with Crippen LogP contribution in [0.5, 0.6) is 11.5 Å². The molecule has 2 aromatic rings. The van der Waals surface area contributed by atoms with Gasteiger partial charge in [0, 0.05) is 29.4 Å². The number of benzene rings is 2. The highest BCUT2D eigenvalue weighted by molar-refractivity contribution is 8.00. The monoisotopic (exact) mass is 398 g/mol. The Labute approximate surface area is 170 Å². The van der Waals surface area contributed by atoms with E-state index >= 15 is 0 Å². The smallest absolute Gasteiger partial charge is 0.237 e. The number of hydrogen-bond acceptors (Lipinski definition) is 5. The van der Waals surface area contributed by atoms with E-state index in [0.717, 1.165) is 35.2 Å². The van der Waals surface area contributed by atoms with Crippen molar-refractivity contribution in [2.45, 2.75) is 36.3 Å². The minimum Gasteiger partial charge on any atom is -0.486 e. The van der Waals surface area contributed by atoms with Crippen molar-refractivity contribution in [2.24, 2.45) is 0 Å². The molecular weight excluding hydrogens is 372 g/mol. The second-order valence-electron chi connectivity index (χ2n) is 7.15. The van der Waals surface area contributed by atoms with Crippen LogP contribution in [0.25, 0.3) is 0 Å². The van der Waals surface area contributed by atoms with Gasteiger partial charge in [-0.2, -0.15) is 0 Å². The number of rotatable bonds is 5. The lowest BCUT2D eigenvalue weighted by Gasteiger charge is -2.28. The summed E-state index contributed by atoms with van der Waals surface area (Å²) < 4.78 is 11.2. The highest BCUT2D eigenvalue weighted by atomic mass is 32.2. The van der Waals surface area contributed by atoms with Crippen LogP contribution in [0.1, 0.15) is 26.2 Å². The molecule has 2 aromatic carbocycles. The Morgan fingerprint density at radius 3 is 2.46 bits per heavy atom. The molecule has 5 nitrogen and oxygen atoms in total. The van der Waals surface area contributed by atoms with Crippen LogP contribution >= 0.6 is 11.8 Å². The molecule has 4 rings (SSSR count). The number of hydrogen-bond donors (Lipinski definition) is 1. The van der Waals surface area contributed by atoms with Crippen LogP contribution in [0.15, 0.2) is 47.4 Å². The van der Waals surface area contributed by atoms with Crippen molar-refractivity contribution < 1.29 is 14.3 Å². The molecular formula is C22H26N2O3S. The van der Waals surface area contributed by atoms with Gasteiger partial charge in [0.1, 0.15) is 13.2 Å². The van der Waals surface area contributed by atoms with Crippen LogP contribution in [0.4, 0.5) is 11.4 Å². The SMILES string of the molecule is CC(Sc1ccc2c(c1)OCCO2)C(=O)Nc1ccc(N2CCCCC2)cc1. The zero-order valence-electron chi connectivity index (χ0n) is 16.1. The van der Waals surface area contributed by atoms with Crippen molar-refractivity contribution in [3.63, 3.8) is 0 Å². The first-order chi connectivity index (χ1) is 13.7. The van der Waals surface area contributed by atoms with Crippen LogP contribution in [0, 0.1) is 0 Å². The number of fused-ring (bicyclic) bond motifs is 1. The van der Waals surface area contributed by atoms with Crippen LogP contribution in [0.2, 0.25) is 0 Å². The number of nitrogens with zero attached hydrogens (tertiary/aromatic N) is 1. The van der Waals surface area contributed by atoms with Gasteiger partial charge in [0.2, 0.25) is 5.91 Å². The van der Waals surface area contributed by atoms with E-state index in [4.69, 9.17) is 9.47 Å². The van der Waals surface area contributed by atoms with Crippen molar-refractivity contribution in [3.05, 3.63) is 42.5 Å². The minimum absolute atomic E-state index is 0.00869. The largest absolute Gasteiger partial charge is 0.486 e. The number of carbonyl (C=O) groups excluding carboxylic acids is 1. The number of ether oxygens (including phenoxy) is 2. The van der Waals surface area contributed by atoms with Crippen LogP contribution < -0.4 is 19.7 Å². The molecule has 0 bridgehead atoms. The Balaban J connectivity index is 1.34. The summed E-state index contributed by atoms with van der Waals surface area (Å²) in [4.78, 5) is 16.0. The number of amides is 1. The first-order valence-corrected chi connectivity index (χ1v) is 10.8. The molecule has 1 saturated heterocycles. The van der Waals surface area contributed by atoms with Gasteiger partial charge in [-0.05, 0) is 68.7 Å². The molecule has 2 aliphatic heterocycles. The third-order valence-electron chi connectivity index (χ3n) is 5.05. The van der Waals surface area contributed by atoms with Crippen LogP contribution in [0.3, 0.4) is 0 Å². The molecule has 1 atom stereocenters. The summed E-state index contributed by atoms with van der Waals surface area (Å²) in [6.07, 6.45) is 3.84. The summed E-state index contributed by atoms with van der Waals surface area (Å²) in [6.45, 7) is 5.29. The van der Waals surface area contributed by atoms with Crippen molar-refractivity contribution in [2.75, 3.05) is 36.5 Å². The van der Waals surface area contributed by atoms with E-state index in [1.807, 2.05) is 37.3 Å². The molecule has 28 heavy (non-hydrogen) atoms. The fourth-order valence-corrected chi connectivity index (χ4v) is 4.40. The average Bonchev–Trinajstić information content (AvgIpc) is 2.75. The Bertz CT molecular complexity index is 819. The predicted octanol–water partition coefficient (Wildman–Crippen LogP) is 4.57. The van der Waals surface area contributed by atoms with Crippen LogP contribution in [-0.4, -0.2) is 37.5 Å². The number of anilines is 2. The van der Waals surface area contributed by atoms with Gasteiger partial charge >= 0.3 is 0 Å². The van der Waals surface area contributed by atoms with E-state index in [1.54, 1.807) is 0 Å². The van der Waals surface area contributed by atoms with E-state index in [2.05, 4.69) is 22.3 Å². The third kappa shape index (κ3) is 4.55. The molecule has 0 aliphatic carbocycles. The van der Waals surface area contributed by atoms with Gasteiger partial charge in [-0.1, -0.05) is 0 Å². The summed E-state index contributed by atoms with van der Waals surface area (Å²) in [5.74, 6) is 1.50. The predicted molar refractivity (Wildman–Crippen MR) is 114 cm³/mol.